The summed E-state index contributed by atoms with van der Waals surface area (Å²) in [7, 11) is 0. The van der Waals surface area contributed by atoms with Gasteiger partial charge in [0, 0.05) is 40.2 Å². The first-order valence-electron chi connectivity index (χ1n) is 17.6. The van der Waals surface area contributed by atoms with Crippen molar-refractivity contribution < 1.29 is 8.83 Å². The van der Waals surface area contributed by atoms with E-state index in [-0.39, 0.29) is 0 Å². The van der Waals surface area contributed by atoms with Gasteiger partial charge in [-0.1, -0.05) is 103 Å². The van der Waals surface area contributed by atoms with E-state index in [4.69, 9.17) is 13.8 Å². The van der Waals surface area contributed by atoms with Crippen molar-refractivity contribution in [2.75, 3.05) is 0 Å². The van der Waals surface area contributed by atoms with E-state index in [1.54, 1.807) is 12.4 Å². The van der Waals surface area contributed by atoms with Gasteiger partial charge in [0.05, 0.1) is 11.4 Å². The minimum Gasteiger partial charge on any atom is -0.436 e. The maximum absolute atomic E-state index is 5.98. The standard InChI is InChI=1S/C47H29N5O2/c1-3-7-43-41(5-1)51-46(53-43)36-21-13-32(14-22-36)30-9-17-34(18-10-30)39-25-26-40(38-27-48-29-49-28-38)50-45(39)35-19-11-31(12-20-35)33-15-23-37(24-16-33)47-52-42-6-2-4-8-44(42)54-47/h1-29H. The fourth-order valence-electron chi connectivity index (χ4n) is 6.77. The summed E-state index contributed by atoms with van der Waals surface area (Å²) in [6, 6.07) is 53.6. The molecule has 0 spiro atoms. The van der Waals surface area contributed by atoms with Gasteiger partial charge in [0.25, 0.3) is 0 Å². The van der Waals surface area contributed by atoms with Crippen molar-refractivity contribution in [1.29, 1.82) is 0 Å². The summed E-state index contributed by atoms with van der Waals surface area (Å²) in [5.41, 5.74) is 15.2. The molecule has 4 heterocycles. The van der Waals surface area contributed by atoms with Gasteiger partial charge in [-0.15, -0.1) is 0 Å². The summed E-state index contributed by atoms with van der Waals surface area (Å²) in [6.45, 7) is 0. The predicted octanol–water partition coefficient (Wildman–Crippen LogP) is 11.8. The normalized spacial score (nSPS) is 11.3. The molecular formula is C47H29N5O2. The summed E-state index contributed by atoms with van der Waals surface area (Å²) < 4.78 is 12.0. The zero-order chi connectivity index (χ0) is 35.8. The second-order valence-corrected chi connectivity index (χ2v) is 13.0. The molecule has 0 amide bonds. The van der Waals surface area contributed by atoms with Gasteiger partial charge in [0.2, 0.25) is 11.8 Å². The second-order valence-electron chi connectivity index (χ2n) is 13.0. The summed E-state index contributed by atoms with van der Waals surface area (Å²) >= 11 is 0. The smallest absolute Gasteiger partial charge is 0.227 e. The Kier molecular flexibility index (Phi) is 7.66. The molecule has 6 aromatic carbocycles. The Morgan fingerprint density at radius 3 is 1.24 bits per heavy atom. The van der Waals surface area contributed by atoms with Gasteiger partial charge in [-0.25, -0.2) is 24.9 Å². The zero-order valence-corrected chi connectivity index (χ0v) is 28.8. The molecule has 10 rings (SSSR count). The molecule has 0 N–H and O–H groups in total. The molecule has 7 heteroatoms. The highest BCUT2D eigenvalue weighted by Gasteiger charge is 2.14. The number of hydrogen-bond acceptors (Lipinski definition) is 7. The Labute approximate surface area is 310 Å². The van der Waals surface area contributed by atoms with E-state index in [9.17, 15) is 0 Å². The van der Waals surface area contributed by atoms with Crippen molar-refractivity contribution in [3.63, 3.8) is 0 Å². The molecule has 4 aromatic heterocycles. The molecule has 54 heavy (non-hydrogen) atoms. The SMILES string of the molecule is c1ccc2oc(-c3ccc(-c4ccc(-c5ccc(-c6cncnc6)nc5-c5ccc(-c6ccc(-c7nc8ccccc8o7)cc6)cc5)cc4)cc3)nc2c1. The molecule has 0 atom stereocenters. The van der Waals surface area contributed by atoms with E-state index in [2.05, 4.69) is 123 Å². The summed E-state index contributed by atoms with van der Waals surface area (Å²) in [5.74, 6) is 1.23. The molecule has 0 radical (unpaired) electrons. The van der Waals surface area contributed by atoms with E-state index in [0.717, 1.165) is 89.2 Å². The minimum absolute atomic E-state index is 0.614. The molecule has 0 saturated heterocycles. The van der Waals surface area contributed by atoms with Crippen molar-refractivity contribution >= 4 is 22.2 Å². The van der Waals surface area contributed by atoms with Crippen LogP contribution in [0.1, 0.15) is 0 Å². The number of oxazole rings is 2. The average Bonchev–Trinajstić information content (AvgIpc) is 3.90. The summed E-state index contributed by atoms with van der Waals surface area (Å²) in [5, 5.41) is 0. The van der Waals surface area contributed by atoms with Crippen molar-refractivity contribution in [2.24, 2.45) is 0 Å². The quantitative estimate of drug-likeness (QED) is 0.164. The van der Waals surface area contributed by atoms with E-state index in [1.165, 1.54) is 6.33 Å². The predicted molar refractivity (Wildman–Crippen MR) is 213 cm³/mol. The Bertz CT molecular complexity index is 2830. The Hall–Kier alpha value is -7.51. The average molecular weight is 696 g/mol. The van der Waals surface area contributed by atoms with Crippen LogP contribution in [0.5, 0.6) is 0 Å². The fourth-order valence-corrected chi connectivity index (χ4v) is 6.77. The van der Waals surface area contributed by atoms with Crippen molar-refractivity contribution in [3.05, 3.63) is 176 Å². The number of aromatic nitrogens is 5. The van der Waals surface area contributed by atoms with Crippen LogP contribution in [-0.2, 0) is 0 Å². The lowest BCUT2D eigenvalue weighted by Gasteiger charge is -2.13. The highest BCUT2D eigenvalue weighted by atomic mass is 16.4. The van der Waals surface area contributed by atoms with Crippen LogP contribution in [-0.4, -0.2) is 24.9 Å². The Balaban J connectivity index is 0.944. The monoisotopic (exact) mass is 695 g/mol. The third kappa shape index (κ3) is 5.89. The van der Waals surface area contributed by atoms with E-state index < -0.39 is 0 Å². The van der Waals surface area contributed by atoms with Gasteiger partial charge < -0.3 is 8.83 Å². The van der Waals surface area contributed by atoms with Crippen molar-refractivity contribution in [1.82, 2.24) is 24.9 Å². The lowest BCUT2D eigenvalue weighted by atomic mass is 9.95. The molecule has 254 valence electrons. The van der Waals surface area contributed by atoms with Crippen LogP contribution in [0.15, 0.2) is 185 Å². The van der Waals surface area contributed by atoms with Crippen LogP contribution < -0.4 is 0 Å². The molecule has 0 saturated carbocycles. The van der Waals surface area contributed by atoms with Gasteiger partial charge in [0.1, 0.15) is 17.4 Å². The molecule has 0 bridgehead atoms. The second kappa shape index (κ2) is 13.2. The molecule has 10 aromatic rings. The molecular weight excluding hydrogens is 667 g/mol. The van der Waals surface area contributed by atoms with Crippen LogP contribution in [0.25, 0.3) is 101 Å². The lowest BCUT2D eigenvalue weighted by molar-refractivity contribution is 0.619. The van der Waals surface area contributed by atoms with Crippen LogP contribution in [0, 0.1) is 0 Å². The highest BCUT2D eigenvalue weighted by molar-refractivity contribution is 5.85. The van der Waals surface area contributed by atoms with E-state index >= 15 is 0 Å². The van der Waals surface area contributed by atoms with Gasteiger partial charge >= 0.3 is 0 Å². The zero-order valence-electron chi connectivity index (χ0n) is 28.8. The molecule has 0 unspecified atom stereocenters. The molecule has 0 aliphatic rings. The number of hydrogen-bond donors (Lipinski definition) is 0. The number of benzene rings is 6. The first kappa shape index (κ1) is 31.2. The third-order valence-corrected chi connectivity index (χ3v) is 9.62. The van der Waals surface area contributed by atoms with Gasteiger partial charge in [-0.3, -0.25) is 0 Å². The number of rotatable bonds is 7. The number of pyridine rings is 1. The van der Waals surface area contributed by atoms with Gasteiger partial charge in [-0.2, -0.15) is 0 Å². The van der Waals surface area contributed by atoms with E-state index in [0.29, 0.717) is 11.8 Å². The number of nitrogens with zero attached hydrogens (tertiary/aromatic N) is 5. The molecule has 0 aliphatic heterocycles. The Morgan fingerprint density at radius 2 is 0.759 bits per heavy atom. The first-order chi connectivity index (χ1) is 26.7. The largest absolute Gasteiger partial charge is 0.436 e. The highest BCUT2D eigenvalue weighted by Crippen LogP contribution is 2.36. The summed E-state index contributed by atoms with van der Waals surface area (Å²) in [6.07, 6.45) is 5.11. The van der Waals surface area contributed by atoms with Crippen LogP contribution >= 0.6 is 0 Å². The van der Waals surface area contributed by atoms with Crippen LogP contribution in [0.2, 0.25) is 0 Å². The van der Waals surface area contributed by atoms with Gasteiger partial charge in [0.15, 0.2) is 11.2 Å². The Morgan fingerprint density at radius 1 is 0.333 bits per heavy atom. The van der Waals surface area contributed by atoms with Crippen LogP contribution in [0.3, 0.4) is 0 Å². The minimum atomic E-state index is 0.614. The van der Waals surface area contributed by atoms with Crippen LogP contribution in [0.4, 0.5) is 0 Å². The number of para-hydroxylation sites is 4. The fraction of sp³-hybridized carbons (Fsp3) is 0. The lowest BCUT2D eigenvalue weighted by Crippen LogP contribution is -1.94. The van der Waals surface area contributed by atoms with Crippen molar-refractivity contribution in [2.45, 2.75) is 0 Å². The maximum atomic E-state index is 5.98. The summed E-state index contributed by atoms with van der Waals surface area (Å²) in [4.78, 5) is 22.9. The molecule has 0 aliphatic carbocycles. The maximum Gasteiger partial charge on any atom is 0.227 e. The van der Waals surface area contributed by atoms with Gasteiger partial charge in [-0.05, 0) is 82.4 Å². The third-order valence-electron chi connectivity index (χ3n) is 9.62. The molecule has 7 nitrogen and oxygen atoms in total. The molecule has 0 fully saturated rings. The van der Waals surface area contributed by atoms with E-state index in [1.807, 2.05) is 54.6 Å². The first-order valence-corrected chi connectivity index (χ1v) is 17.6. The van der Waals surface area contributed by atoms with Crippen molar-refractivity contribution in [3.8, 4) is 78.8 Å². The topological polar surface area (TPSA) is 90.7 Å². The number of fused-ring (bicyclic) bond motifs is 2.